The summed E-state index contributed by atoms with van der Waals surface area (Å²) in [7, 11) is 1.53. The van der Waals surface area contributed by atoms with Gasteiger partial charge in [-0.15, -0.1) is 0 Å². The van der Waals surface area contributed by atoms with Gasteiger partial charge < -0.3 is 15.0 Å². The molecule has 1 N–H and O–H groups in total. The van der Waals surface area contributed by atoms with Gasteiger partial charge in [0.25, 0.3) is 5.91 Å². The molecule has 0 aliphatic carbocycles. The lowest BCUT2D eigenvalue weighted by Gasteiger charge is -2.31. The fourth-order valence-electron chi connectivity index (χ4n) is 3.71. The van der Waals surface area contributed by atoms with Crippen LogP contribution in [0.1, 0.15) is 36.5 Å². The topological polar surface area (TPSA) is 58.6 Å². The van der Waals surface area contributed by atoms with E-state index in [9.17, 15) is 14.0 Å². The van der Waals surface area contributed by atoms with Gasteiger partial charge in [0.05, 0.1) is 0 Å². The van der Waals surface area contributed by atoms with E-state index in [1.807, 2.05) is 54.6 Å². The van der Waals surface area contributed by atoms with E-state index in [1.54, 1.807) is 18.2 Å². The molecule has 0 bridgehead atoms. The molecule has 178 valence electrons. The summed E-state index contributed by atoms with van der Waals surface area (Å²) in [6.07, 6.45) is 0.295. The maximum absolute atomic E-state index is 14.5. The van der Waals surface area contributed by atoms with Gasteiger partial charge in [0.2, 0.25) is 5.91 Å². The Balaban J connectivity index is 1.85. The fraction of sp³-hybridized carbons (Fsp3) is 0.286. The summed E-state index contributed by atoms with van der Waals surface area (Å²) in [5.41, 5.74) is 2.40. The molecule has 0 aliphatic heterocycles. The molecule has 0 fully saturated rings. The highest BCUT2D eigenvalue weighted by Crippen LogP contribution is 2.20. The van der Waals surface area contributed by atoms with Gasteiger partial charge in [-0.2, -0.15) is 0 Å². The molecule has 1 atom stereocenters. The minimum Gasteiger partial charge on any atom is -0.484 e. The van der Waals surface area contributed by atoms with Crippen molar-refractivity contribution in [3.05, 3.63) is 101 Å². The van der Waals surface area contributed by atoms with Gasteiger partial charge in [-0.05, 0) is 35.2 Å². The van der Waals surface area contributed by atoms with Crippen molar-refractivity contribution >= 4 is 11.8 Å². The van der Waals surface area contributed by atoms with Gasteiger partial charge in [-0.1, -0.05) is 74.5 Å². The standard InChI is InChI=1S/C28H31FN2O3/c1-20(2)22-13-15-24(16-14-22)34-19-27(32)31(18-23-11-7-8-12-25(23)29)26(28(33)30-3)17-21-9-5-4-6-10-21/h4-16,20,26H,17-19H2,1-3H3,(H,30,33)/t26-/m0/s1. The molecular formula is C28H31FN2O3. The first kappa shape index (κ1) is 25.0. The predicted molar refractivity (Wildman–Crippen MR) is 131 cm³/mol. The lowest BCUT2D eigenvalue weighted by atomic mass is 10.0. The largest absolute Gasteiger partial charge is 0.484 e. The molecule has 5 nitrogen and oxygen atoms in total. The molecule has 0 saturated carbocycles. The van der Waals surface area contributed by atoms with Crippen LogP contribution in [0.2, 0.25) is 0 Å². The summed E-state index contributed by atoms with van der Waals surface area (Å²) >= 11 is 0. The average Bonchev–Trinajstić information content (AvgIpc) is 2.86. The highest BCUT2D eigenvalue weighted by atomic mass is 19.1. The Bertz CT molecular complexity index is 1080. The van der Waals surface area contributed by atoms with Crippen molar-refractivity contribution < 1.29 is 18.7 Å². The fourth-order valence-corrected chi connectivity index (χ4v) is 3.71. The van der Waals surface area contributed by atoms with Crippen molar-refractivity contribution in [1.29, 1.82) is 0 Å². The first-order valence-corrected chi connectivity index (χ1v) is 11.4. The van der Waals surface area contributed by atoms with Crippen molar-refractivity contribution in [2.24, 2.45) is 0 Å². The minimum absolute atomic E-state index is 0.0495. The van der Waals surface area contributed by atoms with E-state index in [0.717, 1.165) is 5.56 Å². The van der Waals surface area contributed by atoms with Crippen molar-refractivity contribution in [2.45, 2.75) is 38.8 Å². The number of halogens is 1. The Morgan fingerprint density at radius 1 is 0.941 bits per heavy atom. The SMILES string of the molecule is CNC(=O)[C@H](Cc1ccccc1)N(Cc1ccccc1F)C(=O)COc1ccc(C(C)C)cc1. The third-order valence-corrected chi connectivity index (χ3v) is 5.73. The number of hydrogen-bond donors (Lipinski definition) is 1. The van der Waals surface area contributed by atoms with Gasteiger partial charge in [0.15, 0.2) is 6.61 Å². The number of hydrogen-bond acceptors (Lipinski definition) is 3. The van der Waals surface area contributed by atoms with Crippen LogP contribution >= 0.6 is 0 Å². The Morgan fingerprint density at radius 2 is 1.59 bits per heavy atom. The highest BCUT2D eigenvalue weighted by molar-refractivity contribution is 5.88. The number of ether oxygens (including phenoxy) is 1. The predicted octanol–water partition coefficient (Wildman–Crippen LogP) is 4.71. The van der Waals surface area contributed by atoms with Crippen LogP contribution in [0.4, 0.5) is 4.39 Å². The Labute approximate surface area is 200 Å². The summed E-state index contributed by atoms with van der Waals surface area (Å²) in [5.74, 6) is -0.210. The maximum Gasteiger partial charge on any atom is 0.261 e. The molecule has 3 rings (SSSR count). The molecule has 34 heavy (non-hydrogen) atoms. The number of amides is 2. The zero-order valence-corrected chi connectivity index (χ0v) is 19.8. The van der Waals surface area contributed by atoms with Crippen molar-refractivity contribution in [1.82, 2.24) is 10.2 Å². The molecule has 2 amide bonds. The lowest BCUT2D eigenvalue weighted by molar-refractivity contribution is -0.142. The molecule has 0 unspecified atom stereocenters. The second-order valence-electron chi connectivity index (χ2n) is 8.45. The van der Waals surface area contributed by atoms with Gasteiger partial charge >= 0.3 is 0 Å². The van der Waals surface area contributed by atoms with Crippen LogP contribution in [0.15, 0.2) is 78.9 Å². The smallest absolute Gasteiger partial charge is 0.261 e. The molecule has 3 aromatic carbocycles. The van der Waals surface area contributed by atoms with E-state index < -0.39 is 17.8 Å². The number of rotatable bonds is 10. The molecule has 0 aromatic heterocycles. The number of carbonyl (C=O) groups excluding carboxylic acids is 2. The minimum atomic E-state index is -0.827. The second-order valence-corrected chi connectivity index (χ2v) is 8.45. The molecule has 0 saturated heterocycles. The van der Waals surface area contributed by atoms with E-state index in [0.29, 0.717) is 23.7 Å². The van der Waals surface area contributed by atoms with Crippen LogP contribution < -0.4 is 10.1 Å². The van der Waals surface area contributed by atoms with E-state index >= 15 is 0 Å². The molecule has 6 heteroatoms. The molecule has 3 aromatic rings. The van der Waals surface area contributed by atoms with E-state index in [2.05, 4.69) is 19.2 Å². The average molecular weight is 463 g/mol. The number of benzene rings is 3. The van der Waals surface area contributed by atoms with Crippen LogP contribution in [0, 0.1) is 5.82 Å². The number of carbonyl (C=O) groups is 2. The van der Waals surface area contributed by atoms with E-state index in [-0.39, 0.29) is 19.1 Å². The highest BCUT2D eigenvalue weighted by Gasteiger charge is 2.30. The third-order valence-electron chi connectivity index (χ3n) is 5.73. The van der Waals surface area contributed by atoms with Gasteiger partial charge in [0, 0.05) is 25.6 Å². The van der Waals surface area contributed by atoms with Gasteiger partial charge in [-0.3, -0.25) is 9.59 Å². The summed E-state index contributed by atoms with van der Waals surface area (Å²) in [5, 5.41) is 2.64. The van der Waals surface area contributed by atoms with Crippen LogP contribution in [0.5, 0.6) is 5.75 Å². The number of nitrogens with one attached hydrogen (secondary N) is 1. The monoisotopic (exact) mass is 462 g/mol. The van der Waals surface area contributed by atoms with Crippen molar-refractivity contribution in [2.75, 3.05) is 13.7 Å². The van der Waals surface area contributed by atoms with Crippen molar-refractivity contribution in [3.8, 4) is 5.75 Å². The van der Waals surface area contributed by atoms with Gasteiger partial charge in [0.1, 0.15) is 17.6 Å². The molecule has 0 spiro atoms. The zero-order chi connectivity index (χ0) is 24.5. The molecule has 0 radical (unpaired) electrons. The summed E-state index contributed by atoms with van der Waals surface area (Å²) in [6.45, 7) is 3.89. The quantitative estimate of drug-likeness (QED) is 0.475. The first-order chi connectivity index (χ1) is 16.4. The maximum atomic E-state index is 14.5. The van der Waals surface area contributed by atoms with E-state index in [1.165, 1.54) is 23.6 Å². The Hall–Kier alpha value is -3.67. The molecular weight excluding hydrogens is 431 g/mol. The summed E-state index contributed by atoms with van der Waals surface area (Å²) in [6, 6.07) is 22.4. The van der Waals surface area contributed by atoms with Crippen LogP contribution in [-0.4, -0.2) is 36.4 Å². The second kappa shape index (κ2) is 12.0. The zero-order valence-electron chi connectivity index (χ0n) is 19.8. The summed E-state index contributed by atoms with van der Waals surface area (Å²) < 4.78 is 20.2. The normalized spacial score (nSPS) is 11.7. The van der Waals surface area contributed by atoms with Crippen LogP contribution in [0.3, 0.4) is 0 Å². The van der Waals surface area contributed by atoms with Gasteiger partial charge in [-0.25, -0.2) is 4.39 Å². The first-order valence-electron chi connectivity index (χ1n) is 11.4. The number of nitrogens with zero attached hydrogens (tertiary/aromatic N) is 1. The van der Waals surface area contributed by atoms with Crippen LogP contribution in [-0.2, 0) is 22.6 Å². The lowest BCUT2D eigenvalue weighted by Crippen LogP contribution is -2.51. The summed E-state index contributed by atoms with van der Waals surface area (Å²) in [4.78, 5) is 27.6. The molecule has 0 aliphatic rings. The Kier molecular flexibility index (Phi) is 8.79. The number of likely N-dealkylation sites (N-methyl/N-ethyl adjacent to an activating group) is 1. The molecule has 0 heterocycles. The third kappa shape index (κ3) is 6.67. The van der Waals surface area contributed by atoms with Crippen LogP contribution in [0.25, 0.3) is 0 Å². The van der Waals surface area contributed by atoms with E-state index in [4.69, 9.17) is 4.74 Å². The van der Waals surface area contributed by atoms with Crippen molar-refractivity contribution in [3.63, 3.8) is 0 Å². The Morgan fingerprint density at radius 3 is 2.21 bits per heavy atom.